The van der Waals surface area contributed by atoms with Gasteiger partial charge in [0.25, 0.3) is 0 Å². The molecule has 0 amide bonds. The fraction of sp³-hybridized carbons (Fsp3) is 0.294. The Balaban J connectivity index is 2.06. The van der Waals surface area contributed by atoms with Gasteiger partial charge in [0.1, 0.15) is 11.5 Å². The number of benzene rings is 2. The fourth-order valence-corrected chi connectivity index (χ4v) is 2.20. The number of aliphatic hydroxyl groups is 1. The van der Waals surface area contributed by atoms with E-state index in [0.29, 0.717) is 12.3 Å². The van der Waals surface area contributed by atoms with Crippen LogP contribution in [-0.2, 0) is 5.60 Å². The van der Waals surface area contributed by atoms with E-state index < -0.39 is 5.60 Å². The van der Waals surface area contributed by atoms with Gasteiger partial charge in [-0.1, -0.05) is 30.3 Å². The van der Waals surface area contributed by atoms with Gasteiger partial charge in [0, 0.05) is 5.88 Å². The molecule has 0 aliphatic heterocycles. The minimum absolute atomic E-state index is 0.561. The maximum Gasteiger partial charge on any atom is 0.127 e. The molecule has 1 atom stereocenters. The lowest BCUT2D eigenvalue weighted by Crippen LogP contribution is -2.21. The van der Waals surface area contributed by atoms with Gasteiger partial charge in [0.05, 0.1) is 5.60 Å². The highest BCUT2D eigenvalue weighted by Gasteiger charge is 2.22. The van der Waals surface area contributed by atoms with Crippen molar-refractivity contribution < 1.29 is 9.84 Å². The quantitative estimate of drug-likeness (QED) is 0.781. The van der Waals surface area contributed by atoms with Crippen LogP contribution in [0.1, 0.15) is 25.3 Å². The normalized spacial score (nSPS) is 13.8. The lowest BCUT2D eigenvalue weighted by atomic mass is 9.91. The van der Waals surface area contributed by atoms with Gasteiger partial charge in [-0.05, 0) is 49.6 Å². The van der Waals surface area contributed by atoms with Crippen molar-refractivity contribution in [2.45, 2.75) is 25.4 Å². The Morgan fingerprint density at radius 1 is 1.00 bits per heavy atom. The largest absolute Gasteiger partial charge is 0.457 e. The fourth-order valence-electron chi connectivity index (χ4n) is 2.06. The minimum Gasteiger partial charge on any atom is -0.457 e. The molecule has 3 heteroatoms. The van der Waals surface area contributed by atoms with Gasteiger partial charge < -0.3 is 9.84 Å². The van der Waals surface area contributed by atoms with Crippen molar-refractivity contribution in [2.24, 2.45) is 0 Å². The van der Waals surface area contributed by atoms with Gasteiger partial charge in [0.2, 0.25) is 0 Å². The number of hydrogen-bond acceptors (Lipinski definition) is 2. The molecule has 0 aliphatic rings. The predicted octanol–water partition coefficient (Wildman–Crippen LogP) is 4.71. The molecule has 0 aromatic heterocycles. The molecule has 2 nitrogen and oxygen atoms in total. The van der Waals surface area contributed by atoms with Gasteiger partial charge in [-0.2, -0.15) is 0 Å². The van der Waals surface area contributed by atoms with Crippen LogP contribution in [-0.4, -0.2) is 11.0 Å². The van der Waals surface area contributed by atoms with Gasteiger partial charge in [0.15, 0.2) is 0 Å². The highest BCUT2D eigenvalue weighted by molar-refractivity contribution is 6.17. The summed E-state index contributed by atoms with van der Waals surface area (Å²) in [6.45, 7) is 1.81. The van der Waals surface area contributed by atoms with Crippen LogP contribution in [0, 0.1) is 0 Å². The molecule has 0 saturated heterocycles. The molecule has 0 saturated carbocycles. The first kappa shape index (κ1) is 14.9. The van der Waals surface area contributed by atoms with Gasteiger partial charge in [-0.25, -0.2) is 0 Å². The van der Waals surface area contributed by atoms with Crippen molar-refractivity contribution in [3.63, 3.8) is 0 Å². The molecule has 0 radical (unpaired) electrons. The second-order valence-electron chi connectivity index (χ2n) is 5.01. The second kappa shape index (κ2) is 6.78. The van der Waals surface area contributed by atoms with E-state index in [9.17, 15) is 5.11 Å². The highest BCUT2D eigenvalue weighted by Crippen LogP contribution is 2.29. The van der Waals surface area contributed by atoms with Crippen molar-refractivity contribution in [2.75, 3.05) is 5.88 Å². The smallest absolute Gasteiger partial charge is 0.127 e. The number of ether oxygens (including phenoxy) is 1. The first-order chi connectivity index (χ1) is 9.62. The minimum atomic E-state index is -0.847. The van der Waals surface area contributed by atoms with Gasteiger partial charge in [-0.3, -0.25) is 0 Å². The van der Waals surface area contributed by atoms with Crippen LogP contribution in [0.3, 0.4) is 0 Å². The van der Waals surface area contributed by atoms with Crippen molar-refractivity contribution in [3.8, 4) is 11.5 Å². The van der Waals surface area contributed by atoms with Crippen molar-refractivity contribution in [1.82, 2.24) is 0 Å². The Morgan fingerprint density at radius 3 is 2.20 bits per heavy atom. The zero-order valence-electron chi connectivity index (χ0n) is 11.6. The summed E-state index contributed by atoms with van der Waals surface area (Å²) in [5.41, 5.74) is 0.0307. The molecule has 1 N–H and O–H groups in total. The maximum atomic E-state index is 10.4. The zero-order chi connectivity index (χ0) is 14.4. The van der Waals surface area contributed by atoms with Gasteiger partial charge >= 0.3 is 0 Å². The van der Waals surface area contributed by atoms with Crippen LogP contribution in [0.15, 0.2) is 54.6 Å². The summed E-state index contributed by atoms with van der Waals surface area (Å²) in [6, 6.07) is 17.2. The third-order valence-corrected chi connectivity index (χ3v) is 3.52. The molecule has 2 aromatic carbocycles. The lowest BCUT2D eigenvalue weighted by molar-refractivity contribution is 0.0471. The topological polar surface area (TPSA) is 29.5 Å². The lowest BCUT2D eigenvalue weighted by Gasteiger charge is -2.23. The van der Waals surface area contributed by atoms with Crippen LogP contribution in [0.2, 0.25) is 0 Å². The Morgan fingerprint density at radius 2 is 1.60 bits per heavy atom. The third kappa shape index (κ3) is 3.99. The number of halogens is 1. The molecular formula is C17H19ClO2. The van der Waals surface area contributed by atoms with E-state index >= 15 is 0 Å². The van der Waals surface area contributed by atoms with E-state index in [1.165, 1.54) is 0 Å². The van der Waals surface area contributed by atoms with Crippen molar-refractivity contribution in [1.29, 1.82) is 0 Å². The van der Waals surface area contributed by atoms with Crippen LogP contribution in [0.25, 0.3) is 0 Å². The molecule has 0 fully saturated rings. The second-order valence-corrected chi connectivity index (χ2v) is 5.38. The summed E-state index contributed by atoms with van der Waals surface area (Å²) in [4.78, 5) is 0. The first-order valence-electron chi connectivity index (χ1n) is 6.73. The summed E-state index contributed by atoms with van der Waals surface area (Å²) in [7, 11) is 0. The molecule has 20 heavy (non-hydrogen) atoms. The first-order valence-corrected chi connectivity index (χ1v) is 7.27. The monoisotopic (exact) mass is 290 g/mol. The number of alkyl halides is 1. The van der Waals surface area contributed by atoms with E-state index in [2.05, 4.69) is 0 Å². The molecule has 106 valence electrons. The van der Waals surface area contributed by atoms with Crippen molar-refractivity contribution in [3.05, 3.63) is 60.2 Å². The average Bonchev–Trinajstić information content (AvgIpc) is 2.47. The molecule has 2 aromatic rings. The van der Waals surface area contributed by atoms with Crippen LogP contribution >= 0.6 is 11.6 Å². The molecule has 2 rings (SSSR count). The Bertz CT molecular complexity index is 520. The molecule has 0 bridgehead atoms. The standard InChI is InChI=1S/C17H19ClO2/c1-17(19,12-5-13-18)14-8-10-16(11-9-14)20-15-6-3-2-4-7-15/h2-4,6-11,19H,5,12-13H2,1H3. The van der Waals surface area contributed by atoms with E-state index in [4.69, 9.17) is 16.3 Å². The summed E-state index contributed by atoms with van der Waals surface area (Å²) < 4.78 is 5.72. The van der Waals surface area contributed by atoms with Crippen LogP contribution in [0.5, 0.6) is 11.5 Å². The summed E-state index contributed by atoms with van der Waals surface area (Å²) in [6.07, 6.45) is 1.44. The zero-order valence-corrected chi connectivity index (χ0v) is 12.3. The number of hydrogen-bond donors (Lipinski definition) is 1. The molecule has 0 heterocycles. The van der Waals surface area contributed by atoms with E-state index in [1.807, 2.05) is 61.5 Å². The Kier molecular flexibility index (Phi) is 5.05. The van der Waals surface area contributed by atoms with E-state index in [1.54, 1.807) is 0 Å². The SMILES string of the molecule is CC(O)(CCCCl)c1ccc(Oc2ccccc2)cc1. The van der Waals surface area contributed by atoms with E-state index in [-0.39, 0.29) is 0 Å². The Labute approximate surface area is 125 Å². The number of para-hydroxylation sites is 1. The maximum absolute atomic E-state index is 10.4. The molecule has 0 spiro atoms. The summed E-state index contributed by atoms with van der Waals surface area (Å²) in [5.74, 6) is 2.12. The van der Waals surface area contributed by atoms with Crippen LogP contribution < -0.4 is 4.74 Å². The molecule has 1 unspecified atom stereocenters. The predicted molar refractivity (Wildman–Crippen MR) is 82.5 cm³/mol. The van der Waals surface area contributed by atoms with Crippen LogP contribution in [0.4, 0.5) is 0 Å². The highest BCUT2D eigenvalue weighted by atomic mass is 35.5. The summed E-state index contributed by atoms with van der Waals surface area (Å²) in [5, 5.41) is 10.4. The summed E-state index contributed by atoms with van der Waals surface area (Å²) >= 11 is 5.68. The third-order valence-electron chi connectivity index (χ3n) is 3.25. The Hall–Kier alpha value is -1.51. The number of rotatable bonds is 6. The van der Waals surface area contributed by atoms with Gasteiger partial charge in [-0.15, -0.1) is 11.6 Å². The van der Waals surface area contributed by atoms with Crippen molar-refractivity contribution >= 4 is 11.6 Å². The molecule has 0 aliphatic carbocycles. The molecular weight excluding hydrogens is 272 g/mol. The van der Waals surface area contributed by atoms with E-state index in [0.717, 1.165) is 23.5 Å². The average molecular weight is 291 g/mol.